The van der Waals surface area contributed by atoms with E-state index in [1.165, 1.54) is 0 Å². The van der Waals surface area contributed by atoms with Crippen molar-refractivity contribution in [2.45, 2.75) is 39.5 Å². The van der Waals surface area contributed by atoms with Gasteiger partial charge in [-0.2, -0.15) is 0 Å². The molecule has 0 radical (unpaired) electrons. The van der Waals surface area contributed by atoms with Gasteiger partial charge in [-0.3, -0.25) is 9.59 Å². The van der Waals surface area contributed by atoms with Gasteiger partial charge in [-0.05, 0) is 36.5 Å². The maximum atomic E-state index is 13.1. The Hall–Kier alpha value is -1.78. The maximum absolute atomic E-state index is 13.1. The molecule has 1 aromatic rings. The van der Waals surface area contributed by atoms with E-state index < -0.39 is 17.8 Å². The minimum absolute atomic E-state index is 0.0200. The number of nitrogens with one attached hydrogen (secondary N) is 1. The number of carbonyl (C=O) groups is 2. The number of allylic oxidation sites excluding steroid dienone is 2. The van der Waals surface area contributed by atoms with Crippen molar-refractivity contribution in [1.82, 2.24) is 5.32 Å². The molecule has 2 unspecified atom stereocenters. The van der Waals surface area contributed by atoms with E-state index in [2.05, 4.69) is 25.7 Å². The third-order valence-corrected chi connectivity index (χ3v) is 5.65. The first kappa shape index (κ1) is 20.0. The van der Waals surface area contributed by atoms with Gasteiger partial charge in [0, 0.05) is 39.4 Å². The zero-order chi connectivity index (χ0) is 19.9. The van der Waals surface area contributed by atoms with Crippen LogP contribution in [0.4, 0.5) is 0 Å². The second-order valence-corrected chi connectivity index (χ2v) is 8.70. The number of halogens is 2. The molecule has 1 aliphatic carbocycles. The van der Waals surface area contributed by atoms with Gasteiger partial charge in [0.2, 0.25) is 0 Å². The fourth-order valence-electron chi connectivity index (χ4n) is 4.05. The highest BCUT2D eigenvalue weighted by molar-refractivity contribution is 6.35. The molecular weight excluding hydrogens is 385 g/mol. The van der Waals surface area contributed by atoms with Crippen molar-refractivity contribution in [3.63, 3.8) is 0 Å². The van der Waals surface area contributed by atoms with Crippen LogP contribution in [0.25, 0.3) is 0 Å². The summed E-state index contributed by atoms with van der Waals surface area (Å²) in [6.45, 7) is 10.2. The number of carbonyl (C=O) groups excluding carboxylic acids is 2. The summed E-state index contributed by atoms with van der Waals surface area (Å²) in [6, 6.07) is 5.12. The van der Waals surface area contributed by atoms with Crippen LogP contribution in [0.5, 0.6) is 0 Å². The van der Waals surface area contributed by atoms with E-state index in [0.29, 0.717) is 39.7 Å². The number of ketones is 1. The smallest absolute Gasteiger partial charge is 0.315 e. The summed E-state index contributed by atoms with van der Waals surface area (Å²) in [5.74, 6) is -1.67. The second kappa shape index (κ2) is 7.33. The minimum Gasteiger partial charge on any atom is -0.465 e. The molecule has 0 saturated carbocycles. The highest BCUT2D eigenvalue weighted by Crippen LogP contribution is 2.49. The summed E-state index contributed by atoms with van der Waals surface area (Å²) in [5.41, 5.74) is 2.46. The average molecular weight is 408 g/mol. The highest BCUT2D eigenvalue weighted by Gasteiger charge is 2.47. The number of hydrogen-bond donors (Lipinski definition) is 1. The van der Waals surface area contributed by atoms with Crippen molar-refractivity contribution in [3.05, 3.63) is 57.4 Å². The largest absolute Gasteiger partial charge is 0.465 e. The molecule has 1 N–H and O–H groups in total. The number of Topliss-reactive ketones (excluding diaryl/α,β-unsaturated/α-hetero) is 1. The molecule has 0 bridgehead atoms. The maximum Gasteiger partial charge on any atom is 0.315 e. The van der Waals surface area contributed by atoms with Crippen LogP contribution < -0.4 is 5.32 Å². The first-order chi connectivity index (χ1) is 12.6. The normalized spacial score (nSPS) is 24.3. The van der Waals surface area contributed by atoms with Gasteiger partial charge in [-0.1, -0.05) is 49.7 Å². The number of ether oxygens (including phenoxy) is 1. The Balaban J connectivity index is 2.20. The number of esters is 1. The van der Waals surface area contributed by atoms with E-state index in [1.807, 2.05) is 0 Å². The van der Waals surface area contributed by atoms with Crippen molar-refractivity contribution in [3.8, 4) is 0 Å². The molecule has 0 fully saturated rings. The second-order valence-electron chi connectivity index (χ2n) is 7.86. The van der Waals surface area contributed by atoms with E-state index >= 15 is 0 Å². The third kappa shape index (κ3) is 3.78. The lowest BCUT2D eigenvalue weighted by molar-refractivity contribution is -0.147. The van der Waals surface area contributed by atoms with Crippen LogP contribution in [0.15, 0.2) is 41.7 Å². The third-order valence-electron chi connectivity index (χ3n) is 5.09. The fourth-order valence-corrected chi connectivity index (χ4v) is 4.57. The summed E-state index contributed by atoms with van der Waals surface area (Å²) in [5, 5.41) is 4.13. The van der Waals surface area contributed by atoms with Gasteiger partial charge in [0.1, 0.15) is 5.92 Å². The zero-order valence-corrected chi connectivity index (χ0v) is 17.2. The molecule has 144 valence electrons. The minimum atomic E-state index is -0.729. The molecule has 1 heterocycles. The van der Waals surface area contributed by atoms with E-state index in [0.717, 1.165) is 5.70 Å². The molecule has 1 aliphatic heterocycles. The van der Waals surface area contributed by atoms with Crippen LogP contribution >= 0.6 is 23.2 Å². The monoisotopic (exact) mass is 407 g/mol. The summed E-state index contributed by atoms with van der Waals surface area (Å²) in [4.78, 5) is 25.8. The predicted molar refractivity (Wildman–Crippen MR) is 107 cm³/mol. The van der Waals surface area contributed by atoms with E-state index in [4.69, 9.17) is 27.9 Å². The van der Waals surface area contributed by atoms with Crippen molar-refractivity contribution < 1.29 is 14.3 Å². The Labute approximate surface area is 169 Å². The lowest BCUT2D eigenvalue weighted by Crippen LogP contribution is -2.43. The Morgan fingerprint density at radius 3 is 2.67 bits per heavy atom. The van der Waals surface area contributed by atoms with Gasteiger partial charge >= 0.3 is 5.97 Å². The molecule has 0 aromatic heterocycles. The molecule has 1 aromatic carbocycles. The zero-order valence-electron chi connectivity index (χ0n) is 15.7. The van der Waals surface area contributed by atoms with E-state index in [-0.39, 0.29) is 17.8 Å². The fraction of sp³-hybridized carbons (Fsp3) is 0.429. The first-order valence-electron chi connectivity index (χ1n) is 8.98. The van der Waals surface area contributed by atoms with Crippen LogP contribution in [0.1, 0.15) is 45.1 Å². The molecule has 2 atom stereocenters. The van der Waals surface area contributed by atoms with Crippen molar-refractivity contribution >= 4 is 35.0 Å². The van der Waals surface area contributed by atoms with Gasteiger partial charge in [-0.15, -0.1) is 0 Å². The SMILES string of the molecule is C=C1NC2=C(C(=O)CC(C)(C)C2)C(c2ccc(Cl)cc2Cl)C1C(=O)OCC. The molecule has 2 aliphatic rings. The summed E-state index contributed by atoms with van der Waals surface area (Å²) < 4.78 is 5.28. The number of rotatable bonds is 3. The molecule has 3 rings (SSSR count). The van der Waals surface area contributed by atoms with Gasteiger partial charge in [0.25, 0.3) is 0 Å². The molecule has 4 nitrogen and oxygen atoms in total. The number of benzene rings is 1. The van der Waals surface area contributed by atoms with Crippen molar-refractivity contribution in [2.24, 2.45) is 11.3 Å². The Bertz CT molecular complexity index is 857. The lowest BCUT2D eigenvalue weighted by Gasteiger charge is -2.42. The Kier molecular flexibility index (Phi) is 5.42. The van der Waals surface area contributed by atoms with Crippen LogP contribution in [0.3, 0.4) is 0 Å². The molecule has 0 saturated heterocycles. The summed E-state index contributed by atoms with van der Waals surface area (Å²) in [7, 11) is 0. The standard InChI is InChI=1S/C21H23Cl2NO3/c1-5-27-20(26)17-11(2)24-15-9-21(3,4)10-16(25)19(15)18(17)13-7-6-12(22)8-14(13)23/h6-8,17-18,24H,2,5,9-10H2,1,3-4H3. The van der Waals surface area contributed by atoms with Gasteiger partial charge in [0.15, 0.2) is 5.78 Å². The molecule has 0 amide bonds. The number of hydrogen-bond acceptors (Lipinski definition) is 4. The average Bonchev–Trinajstić information content (AvgIpc) is 2.52. The molecule has 6 heteroatoms. The van der Waals surface area contributed by atoms with Gasteiger partial charge in [-0.25, -0.2) is 0 Å². The summed E-state index contributed by atoms with van der Waals surface area (Å²) >= 11 is 12.5. The van der Waals surface area contributed by atoms with E-state index in [9.17, 15) is 9.59 Å². The molecular formula is C21H23Cl2NO3. The van der Waals surface area contributed by atoms with E-state index in [1.54, 1.807) is 25.1 Å². The quantitative estimate of drug-likeness (QED) is 0.714. The molecule has 0 spiro atoms. The Morgan fingerprint density at radius 1 is 1.33 bits per heavy atom. The lowest BCUT2D eigenvalue weighted by atomic mass is 9.66. The van der Waals surface area contributed by atoms with Crippen LogP contribution in [0.2, 0.25) is 10.0 Å². The first-order valence-corrected chi connectivity index (χ1v) is 9.74. The molecule has 27 heavy (non-hydrogen) atoms. The van der Waals surface area contributed by atoms with Crippen LogP contribution in [-0.4, -0.2) is 18.4 Å². The Morgan fingerprint density at radius 2 is 2.04 bits per heavy atom. The predicted octanol–water partition coefficient (Wildman–Crippen LogP) is 5.02. The highest BCUT2D eigenvalue weighted by atomic mass is 35.5. The van der Waals surface area contributed by atoms with Crippen molar-refractivity contribution in [2.75, 3.05) is 6.61 Å². The van der Waals surface area contributed by atoms with Crippen LogP contribution in [0, 0.1) is 11.3 Å². The van der Waals surface area contributed by atoms with Crippen LogP contribution in [-0.2, 0) is 14.3 Å². The topological polar surface area (TPSA) is 55.4 Å². The van der Waals surface area contributed by atoms with Crippen molar-refractivity contribution in [1.29, 1.82) is 0 Å². The summed E-state index contributed by atoms with van der Waals surface area (Å²) in [6.07, 6.45) is 1.11. The van der Waals surface area contributed by atoms with Gasteiger partial charge in [0.05, 0.1) is 6.61 Å². The van der Waals surface area contributed by atoms with Gasteiger partial charge < -0.3 is 10.1 Å².